The van der Waals surface area contributed by atoms with Crippen LogP contribution in [0.2, 0.25) is 0 Å². The largest absolute Gasteiger partial charge is 0.674 e. The zero-order valence-corrected chi connectivity index (χ0v) is 15.6. The first-order chi connectivity index (χ1) is 10.4. The third-order valence-electron chi connectivity index (χ3n) is 3.07. The minimum atomic E-state index is 0. The molecular formula is C16H16N4SY-2. The molecule has 1 heterocycles. The van der Waals surface area contributed by atoms with Gasteiger partial charge in [-0.25, -0.2) is 0 Å². The molecule has 0 unspecified atom stereocenters. The van der Waals surface area contributed by atoms with E-state index in [1.54, 1.807) is 11.3 Å². The summed E-state index contributed by atoms with van der Waals surface area (Å²) in [4.78, 5) is 5.29. The number of rotatable bonds is 3. The van der Waals surface area contributed by atoms with Crippen molar-refractivity contribution in [1.82, 2.24) is 4.98 Å². The predicted octanol–water partition coefficient (Wildman–Crippen LogP) is 4.94. The maximum absolute atomic E-state index is 7.43. The Hall–Kier alpha value is -0.946. The second-order valence-electron chi connectivity index (χ2n) is 4.32. The van der Waals surface area contributed by atoms with Crippen LogP contribution in [0.5, 0.6) is 0 Å². The molecule has 1 radical (unpaired) electrons. The Morgan fingerprint density at radius 1 is 0.955 bits per heavy atom. The summed E-state index contributed by atoms with van der Waals surface area (Å²) in [5.41, 5.74) is 13.9. The minimum Gasteiger partial charge on any atom is -0.674 e. The molecule has 0 spiro atoms. The van der Waals surface area contributed by atoms with Crippen LogP contribution < -0.4 is 5.84 Å². The number of benzene rings is 2. The van der Waals surface area contributed by atoms with E-state index in [9.17, 15) is 0 Å². The Bertz CT molecular complexity index is 669. The van der Waals surface area contributed by atoms with Crippen molar-refractivity contribution >= 4 is 11.3 Å². The first-order valence-corrected chi connectivity index (χ1v) is 7.26. The van der Waals surface area contributed by atoms with Crippen LogP contribution >= 0.6 is 11.3 Å². The van der Waals surface area contributed by atoms with E-state index < -0.39 is 0 Å². The summed E-state index contributed by atoms with van der Waals surface area (Å²) in [6.07, 6.45) is 1.89. The quantitative estimate of drug-likeness (QED) is 0.511. The molecule has 2 aromatic carbocycles. The van der Waals surface area contributed by atoms with E-state index in [1.165, 1.54) is 21.6 Å². The molecule has 0 amide bonds. The van der Waals surface area contributed by atoms with Gasteiger partial charge in [-0.2, -0.15) is 0 Å². The Balaban J connectivity index is 0.000000775. The van der Waals surface area contributed by atoms with Crippen LogP contribution in [0, 0.1) is 0 Å². The van der Waals surface area contributed by atoms with Gasteiger partial charge in [-0.3, -0.25) is 4.98 Å². The Morgan fingerprint density at radius 3 is 2.23 bits per heavy atom. The molecule has 3 rings (SSSR count). The van der Waals surface area contributed by atoms with Gasteiger partial charge < -0.3 is 17.4 Å². The van der Waals surface area contributed by atoms with Gasteiger partial charge in [0, 0.05) is 38.9 Å². The molecule has 0 saturated heterocycles. The molecule has 4 nitrogen and oxygen atoms in total. The molecule has 0 atom stereocenters. The molecular weight excluding hydrogens is 369 g/mol. The van der Waals surface area contributed by atoms with Crippen LogP contribution in [0.1, 0.15) is 5.56 Å². The summed E-state index contributed by atoms with van der Waals surface area (Å²) in [5.74, 6) is 9.00. The van der Waals surface area contributed by atoms with Gasteiger partial charge in [0.05, 0.1) is 10.4 Å². The van der Waals surface area contributed by atoms with Crippen LogP contribution in [0.15, 0.2) is 60.2 Å². The molecule has 22 heavy (non-hydrogen) atoms. The summed E-state index contributed by atoms with van der Waals surface area (Å²) in [7, 11) is 0. The van der Waals surface area contributed by atoms with Crippen LogP contribution in [0.25, 0.3) is 33.1 Å². The van der Waals surface area contributed by atoms with Crippen molar-refractivity contribution < 1.29 is 32.7 Å². The summed E-state index contributed by atoms with van der Waals surface area (Å²) >= 11 is 1.65. The molecule has 4 N–H and O–H groups in total. The average Bonchev–Trinajstić information content (AvgIpc) is 3.11. The van der Waals surface area contributed by atoms with Gasteiger partial charge in [0.25, 0.3) is 0 Å². The van der Waals surface area contributed by atoms with Crippen LogP contribution in [0.4, 0.5) is 0 Å². The fourth-order valence-electron chi connectivity index (χ4n) is 2.05. The van der Waals surface area contributed by atoms with Crippen molar-refractivity contribution in [2.24, 2.45) is 5.84 Å². The number of thiazole rings is 1. The number of nitrogens with zero attached hydrogens (tertiary/aromatic N) is 1. The summed E-state index contributed by atoms with van der Waals surface area (Å²) in [6.45, 7) is 0.326. The van der Waals surface area contributed by atoms with Gasteiger partial charge in [-0.15, -0.1) is 17.9 Å². The van der Waals surface area contributed by atoms with Crippen molar-refractivity contribution in [1.29, 1.82) is 0 Å². The van der Waals surface area contributed by atoms with E-state index in [0.717, 1.165) is 5.56 Å². The van der Waals surface area contributed by atoms with Gasteiger partial charge in [-0.1, -0.05) is 54.1 Å². The van der Waals surface area contributed by atoms with E-state index in [-0.39, 0.29) is 32.7 Å². The predicted molar refractivity (Wildman–Crippen MR) is 89.5 cm³/mol. The monoisotopic (exact) mass is 385 g/mol. The fraction of sp³-hybridized carbons (Fsp3) is 0.0625. The SMILES string of the molecule is [NH-]Cc1cccc(-c2ccc(-c3cncs3)cc2)c1.[NH-]N.[Y]. The van der Waals surface area contributed by atoms with Crippen LogP contribution in [-0.4, -0.2) is 4.98 Å². The molecule has 0 bridgehead atoms. The maximum atomic E-state index is 7.43. The first-order valence-electron chi connectivity index (χ1n) is 6.38. The Kier molecular flexibility index (Phi) is 8.64. The number of hydrogen-bond acceptors (Lipinski definition) is 3. The molecule has 0 aliphatic carbocycles. The molecule has 6 heteroatoms. The van der Waals surface area contributed by atoms with Crippen molar-refractivity contribution in [2.45, 2.75) is 6.54 Å². The second kappa shape index (κ2) is 9.95. The van der Waals surface area contributed by atoms with E-state index in [1.807, 2.05) is 23.8 Å². The van der Waals surface area contributed by atoms with Crippen molar-refractivity contribution in [3.63, 3.8) is 0 Å². The number of aromatic nitrogens is 1. The molecule has 0 saturated carbocycles. The van der Waals surface area contributed by atoms with Crippen molar-refractivity contribution in [3.05, 3.63) is 77.4 Å². The van der Waals surface area contributed by atoms with E-state index in [2.05, 4.69) is 47.2 Å². The number of nitrogens with one attached hydrogen (secondary N) is 2. The van der Waals surface area contributed by atoms with Gasteiger partial charge in [0.15, 0.2) is 0 Å². The summed E-state index contributed by atoms with van der Waals surface area (Å²) in [5, 5.41) is 0. The molecule has 3 aromatic rings. The molecule has 0 fully saturated rings. The minimum absolute atomic E-state index is 0. The van der Waals surface area contributed by atoms with Crippen LogP contribution in [-0.2, 0) is 39.3 Å². The summed E-state index contributed by atoms with van der Waals surface area (Å²) < 4.78 is 0. The molecule has 1 aromatic heterocycles. The van der Waals surface area contributed by atoms with E-state index in [4.69, 9.17) is 11.6 Å². The van der Waals surface area contributed by atoms with Crippen molar-refractivity contribution in [2.75, 3.05) is 0 Å². The molecule has 111 valence electrons. The van der Waals surface area contributed by atoms with E-state index >= 15 is 0 Å². The average molecular weight is 385 g/mol. The standard InChI is InChI=1S/C16H13N2S.H3N2.Y/c17-9-12-2-1-3-15(8-12)13-4-6-14(7-5-13)16-10-18-11-19-16;1-2;/h1-8,10-11,17H,9H2;1H,2H2;/q2*-1;. The fourth-order valence-corrected chi connectivity index (χ4v) is 2.68. The van der Waals surface area contributed by atoms with Crippen molar-refractivity contribution in [3.8, 4) is 21.6 Å². The normalized spacial score (nSPS) is 9.41. The number of nitrogens with two attached hydrogens (primary N) is 1. The van der Waals surface area contributed by atoms with Gasteiger partial charge in [0.1, 0.15) is 0 Å². The zero-order valence-electron chi connectivity index (χ0n) is 12.0. The molecule has 0 aliphatic heterocycles. The third kappa shape index (κ3) is 4.78. The third-order valence-corrected chi connectivity index (χ3v) is 3.89. The van der Waals surface area contributed by atoms with Gasteiger partial charge in [-0.05, 0) is 16.7 Å². The van der Waals surface area contributed by atoms with Gasteiger partial charge in [0.2, 0.25) is 0 Å². The van der Waals surface area contributed by atoms with Crippen LogP contribution in [0.3, 0.4) is 0 Å². The Morgan fingerprint density at radius 2 is 1.64 bits per heavy atom. The Labute approximate surface area is 159 Å². The van der Waals surface area contributed by atoms with Gasteiger partial charge >= 0.3 is 0 Å². The first kappa shape index (κ1) is 19.1. The van der Waals surface area contributed by atoms with E-state index in [0.29, 0.717) is 6.54 Å². The second-order valence-corrected chi connectivity index (χ2v) is 5.21. The summed E-state index contributed by atoms with van der Waals surface area (Å²) in [6, 6.07) is 16.6. The maximum Gasteiger partial charge on any atom is 0.0797 e. The molecule has 0 aliphatic rings. The topological polar surface area (TPSA) is 86.5 Å². The zero-order chi connectivity index (χ0) is 15.1. The number of hydrogen-bond donors (Lipinski definition) is 1. The smallest absolute Gasteiger partial charge is 0.0797 e.